The van der Waals surface area contributed by atoms with Crippen molar-refractivity contribution < 1.29 is 14.3 Å². The van der Waals surface area contributed by atoms with Crippen molar-refractivity contribution in [3.8, 4) is 0 Å². The smallest absolute Gasteiger partial charge is 0.338 e. The lowest BCUT2D eigenvalue weighted by atomic mass is 9.88. The van der Waals surface area contributed by atoms with Crippen LogP contribution in [-0.2, 0) is 4.74 Å². The molecule has 0 saturated carbocycles. The molecule has 34 heavy (non-hydrogen) atoms. The van der Waals surface area contributed by atoms with Crippen LogP contribution in [0.1, 0.15) is 63.1 Å². The fraction of sp³-hybridized carbons (Fsp3) is 0.310. The molecule has 1 aliphatic rings. The molecule has 0 aliphatic carbocycles. The molecular formula is C29H32N2O3. The van der Waals surface area contributed by atoms with Gasteiger partial charge in [0, 0.05) is 30.0 Å². The first kappa shape index (κ1) is 23.6. The van der Waals surface area contributed by atoms with E-state index in [2.05, 4.69) is 29.3 Å². The number of esters is 1. The third-order valence-electron chi connectivity index (χ3n) is 6.65. The summed E-state index contributed by atoms with van der Waals surface area (Å²) in [5, 5.41) is 2.99. The second-order valence-corrected chi connectivity index (χ2v) is 8.90. The van der Waals surface area contributed by atoms with Crippen molar-refractivity contribution in [3.05, 3.63) is 94.5 Å². The van der Waals surface area contributed by atoms with Crippen molar-refractivity contribution >= 4 is 23.3 Å². The Balaban J connectivity index is 1.32. The molecule has 176 valence electrons. The molecule has 3 aromatic carbocycles. The van der Waals surface area contributed by atoms with Gasteiger partial charge in [-0.15, -0.1) is 0 Å². The van der Waals surface area contributed by atoms with Gasteiger partial charge in [-0.25, -0.2) is 4.79 Å². The minimum atomic E-state index is -0.279. The highest BCUT2D eigenvalue weighted by Gasteiger charge is 2.21. The van der Waals surface area contributed by atoms with E-state index in [9.17, 15) is 9.59 Å². The molecule has 4 rings (SSSR count). The molecule has 1 saturated heterocycles. The number of hydrogen-bond acceptors (Lipinski definition) is 4. The van der Waals surface area contributed by atoms with Crippen LogP contribution in [0.15, 0.2) is 66.7 Å². The number of benzene rings is 3. The summed E-state index contributed by atoms with van der Waals surface area (Å²) >= 11 is 0. The Bertz CT molecular complexity index is 1140. The van der Waals surface area contributed by atoms with Crippen LogP contribution in [0.2, 0.25) is 0 Å². The van der Waals surface area contributed by atoms with Crippen LogP contribution in [0, 0.1) is 13.8 Å². The SMILES string of the molecule is CCOC(=O)c1ccc(N2CCC(c3ccc(C(=O)Nc4ccc(C)c(C)c4)cc3)CC2)cc1. The van der Waals surface area contributed by atoms with Gasteiger partial charge >= 0.3 is 5.97 Å². The number of aryl methyl sites for hydroxylation is 2. The van der Waals surface area contributed by atoms with Gasteiger partial charge < -0.3 is 15.0 Å². The van der Waals surface area contributed by atoms with Crippen LogP contribution in [-0.4, -0.2) is 31.6 Å². The number of nitrogens with zero attached hydrogens (tertiary/aromatic N) is 1. The summed E-state index contributed by atoms with van der Waals surface area (Å²) in [6.45, 7) is 8.21. The number of amides is 1. The predicted molar refractivity (Wildman–Crippen MR) is 137 cm³/mol. The molecule has 0 spiro atoms. The number of nitrogens with one attached hydrogen (secondary N) is 1. The lowest BCUT2D eigenvalue weighted by Crippen LogP contribution is -2.32. The maximum absolute atomic E-state index is 12.7. The van der Waals surface area contributed by atoms with Gasteiger partial charge in [-0.1, -0.05) is 18.2 Å². The van der Waals surface area contributed by atoms with Gasteiger partial charge in [-0.05, 0) is 105 Å². The molecule has 0 atom stereocenters. The van der Waals surface area contributed by atoms with Gasteiger partial charge in [0.25, 0.3) is 5.91 Å². The fourth-order valence-electron chi connectivity index (χ4n) is 4.42. The van der Waals surface area contributed by atoms with E-state index in [-0.39, 0.29) is 11.9 Å². The number of ether oxygens (including phenoxy) is 1. The average molecular weight is 457 g/mol. The number of hydrogen-bond donors (Lipinski definition) is 1. The zero-order chi connectivity index (χ0) is 24.1. The molecule has 1 amide bonds. The molecule has 1 heterocycles. The molecule has 0 bridgehead atoms. The molecule has 0 unspecified atom stereocenters. The summed E-state index contributed by atoms with van der Waals surface area (Å²) in [6, 6.07) is 21.6. The molecule has 5 heteroatoms. The maximum Gasteiger partial charge on any atom is 0.338 e. The van der Waals surface area contributed by atoms with E-state index in [1.54, 1.807) is 0 Å². The monoisotopic (exact) mass is 456 g/mol. The number of rotatable bonds is 6. The van der Waals surface area contributed by atoms with Gasteiger partial charge in [-0.3, -0.25) is 4.79 Å². The largest absolute Gasteiger partial charge is 0.462 e. The minimum absolute atomic E-state index is 0.0871. The standard InChI is InChI=1S/C29H32N2O3/c1-4-34-29(33)25-10-13-27(14-11-25)31-17-15-23(16-18-31)22-6-8-24(9-7-22)28(32)30-26-12-5-20(2)21(3)19-26/h5-14,19,23H,4,15-18H2,1-3H3,(H,30,32). The molecule has 1 fully saturated rings. The Morgan fingerprint density at radius 1 is 0.882 bits per heavy atom. The zero-order valence-corrected chi connectivity index (χ0v) is 20.1. The molecule has 1 N–H and O–H groups in total. The van der Waals surface area contributed by atoms with Crippen molar-refractivity contribution in [3.63, 3.8) is 0 Å². The minimum Gasteiger partial charge on any atom is -0.462 e. The van der Waals surface area contributed by atoms with E-state index in [4.69, 9.17) is 4.74 Å². The average Bonchev–Trinajstić information content (AvgIpc) is 2.87. The molecular weight excluding hydrogens is 424 g/mol. The van der Waals surface area contributed by atoms with Crippen molar-refractivity contribution in [2.75, 3.05) is 29.9 Å². The van der Waals surface area contributed by atoms with Gasteiger partial charge in [0.15, 0.2) is 0 Å². The van der Waals surface area contributed by atoms with E-state index in [0.717, 1.165) is 42.9 Å². The second-order valence-electron chi connectivity index (χ2n) is 8.90. The van der Waals surface area contributed by atoms with E-state index >= 15 is 0 Å². The van der Waals surface area contributed by atoms with Crippen molar-refractivity contribution in [2.24, 2.45) is 0 Å². The molecule has 5 nitrogen and oxygen atoms in total. The topological polar surface area (TPSA) is 58.6 Å². The van der Waals surface area contributed by atoms with Crippen molar-refractivity contribution in [2.45, 2.75) is 39.5 Å². The van der Waals surface area contributed by atoms with Gasteiger partial charge in [0.2, 0.25) is 0 Å². The van der Waals surface area contributed by atoms with Crippen LogP contribution in [0.25, 0.3) is 0 Å². The summed E-state index contributed by atoms with van der Waals surface area (Å²) in [7, 11) is 0. The quantitative estimate of drug-likeness (QED) is 0.454. The maximum atomic E-state index is 12.7. The first-order chi connectivity index (χ1) is 16.4. The number of piperidine rings is 1. The van der Waals surface area contributed by atoms with Crippen LogP contribution in [0.3, 0.4) is 0 Å². The number of carbonyl (C=O) groups is 2. The third kappa shape index (κ3) is 5.48. The lowest BCUT2D eigenvalue weighted by molar-refractivity contribution is 0.0526. The van der Waals surface area contributed by atoms with Gasteiger partial charge in [0.1, 0.15) is 0 Å². The normalized spacial score (nSPS) is 14.0. The van der Waals surface area contributed by atoms with Crippen molar-refractivity contribution in [1.29, 1.82) is 0 Å². The highest BCUT2D eigenvalue weighted by Crippen LogP contribution is 2.31. The summed E-state index contributed by atoms with van der Waals surface area (Å²) in [5.41, 5.74) is 6.85. The van der Waals surface area contributed by atoms with Gasteiger partial charge in [0.05, 0.1) is 12.2 Å². The Labute approximate surface area is 201 Å². The molecule has 1 aliphatic heterocycles. The number of carbonyl (C=O) groups excluding carboxylic acids is 2. The zero-order valence-electron chi connectivity index (χ0n) is 20.1. The van der Waals surface area contributed by atoms with Crippen LogP contribution < -0.4 is 10.2 Å². The van der Waals surface area contributed by atoms with Crippen LogP contribution in [0.4, 0.5) is 11.4 Å². The van der Waals surface area contributed by atoms with Gasteiger partial charge in [-0.2, -0.15) is 0 Å². The molecule has 0 radical (unpaired) electrons. The first-order valence-corrected chi connectivity index (χ1v) is 12.0. The van der Waals surface area contributed by atoms with E-state index < -0.39 is 0 Å². The molecule has 0 aromatic heterocycles. The highest BCUT2D eigenvalue weighted by atomic mass is 16.5. The van der Waals surface area contributed by atoms with Crippen LogP contribution in [0.5, 0.6) is 0 Å². The Kier molecular flexibility index (Phi) is 7.31. The summed E-state index contributed by atoms with van der Waals surface area (Å²) in [5.74, 6) is 0.113. The summed E-state index contributed by atoms with van der Waals surface area (Å²) in [4.78, 5) is 26.9. The Morgan fingerprint density at radius 2 is 1.53 bits per heavy atom. The Morgan fingerprint density at radius 3 is 2.15 bits per heavy atom. The van der Waals surface area contributed by atoms with Crippen molar-refractivity contribution in [1.82, 2.24) is 0 Å². The van der Waals surface area contributed by atoms with Crippen LogP contribution >= 0.6 is 0 Å². The summed E-state index contributed by atoms with van der Waals surface area (Å²) in [6.07, 6.45) is 2.10. The predicted octanol–water partition coefficient (Wildman–Crippen LogP) is 6.12. The van der Waals surface area contributed by atoms with E-state index in [1.807, 2.05) is 68.4 Å². The Hall–Kier alpha value is -3.60. The fourth-order valence-corrected chi connectivity index (χ4v) is 4.42. The lowest BCUT2D eigenvalue weighted by Gasteiger charge is -2.34. The number of anilines is 2. The second kappa shape index (κ2) is 10.6. The van der Waals surface area contributed by atoms with E-state index in [0.29, 0.717) is 23.7 Å². The molecule has 3 aromatic rings. The highest BCUT2D eigenvalue weighted by molar-refractivity contribution is 6.04. The van der Waals surface area contributed by atoms with E-state index in [1.165, 1.54) is 11.1 Å². The first-order valence-electron chi connectivity index (χ1n) is 12.0. The third-order valence-corrected chi connectivity index (χ3v) is 6.65. The summed E-state index contributed by atoms with van der Waals surface area (Å²) < 4.78 is 5.06.